The Bertz CT molecular complexity index is 535. The fourth-order valence-electron chi connectivity index (χ4n) is 1.58. The lowest BCUT2D eigenvalue weighted by Gasteiger charge is -2.08. The third-order valence-electron chi connectivity index (χ3n) is 2.49. The second-order valence-corrected chi connectivity index (χ2v) is 5.47. The van der Waals surface area contributed by atoms with E-state index >= 15 is 0 Å². The molecular weight excluding hydrogens is 358 g/mol. The number of rotatable bonds is 3. The van der Waals surface area contributed by atoms with E-state index < -0.39 is 0 Å². The van der Waals surface area contributed by atoms with Crippen LogP contribution in [-0.4, -0.2) is 5.91 Å². The average Bonchev–Trinajstić information content (AvgIpc) is 2.37. The van der Waals surface area contributed by atoms with E-state index in [0.29, 0.717) is 12.1 Å². The Hall–Kier alpha value is -1.13. The van der Waals surface area contributed by atoms with Crippen molar-refractivity contribution in [2.75, 3.05) is 0 Å². The minimum absolute atomic E-state index is 0.0989. The number of nitrogens with one attached hydrogen (secondary N) is 1. The van der Waals surface area contributed by atoms with Gasteiger partial charge in [0.2, 0.25) is 0 Å². The molecule has 2 nitrogen and oxygen atoms in total. The van der Waals surface area contributed by atoms with E-state index in [1.165, 1.54) is 0 Å². The van der Waals surface area contributed by atoms with Crippen molar-refractivity contribution in [3.8, 4) is 0 Å². The van der Waals surface area contributed by atoms with E-state index in [9.17, 15) is 4.79 Å². The molecule has 1 amide bonds. The van der Waals surface area contributed by atoms with Gasteiger partial charge in [0.1, 0.15) is 0 Å². The highest BCUT2D eigenvalue weighted by molar-refractivity contribution is 9.11. The van der Waals surface area contributed by atoms with E-state index in [4.69, 9.17) is 0 Å². The summed E-state index contributed by atoms with van der Waals surface area (Å²) >= 11 is 6.77. The van der Waals surface area contributed by atoms with Crippen molar-refractivity contribution in [1.82, 2.24) is 5.32 Å². The molecule has 2 aromatic rings. The summed E-state index contributed by atoms with van der Waals surface area (Å²) in [6.45, 7) is 0.521. The second-order valence-electron chi connectivity index (χ2n) is 3.76. The van der Waals surface area contributed by atoms with Gasteiger partial charge >= 0.3 is 0 Å². The average molecular weight is 369 g/mol. The van der Waals surface area contributed by atoms with Crippen LogP contribution in [0, 0.1) is 0 Å². The van der Waals surface area contributed by atoms with E-state index in [2.05, 4.69) is 37.2 Å². The lowest BCUT2D eigenvalue weighted by atomic mass is 10.2. The first-order valence-electron chi connectivity index (χ1n) is 5.44. The molecule has 0 fully saturated rings. The smallest absolute Gasteiger partial charge is 0.253 e. The number of hydrogen-bond donors (Lipinski definition) is 1. The maximum absolute atomic E-state index is 12.1. The number of carbonyl (C=O) groups is 1. The summed E-state index contributed by atoms with van der Waals surface area (Å²) in [5, 5.41) is 2.90. The third kappa shape index (κ3) is 3.21. The van der Waals surface area contributed by atoms with Gasteiger partial charge in [-0.2, -0.15) is 0 Å². The molecule has 0 aliphatic carbocycles. The molecule has 0 radical (unpaired) electrons. The Balaban J connectivity index is 2.09. The van der Waals surface area contributed by atoms with Gasteiger partial charge in [-0.1, -0.05) is 36.4 Å². The molecule has 0 spiro atoms. The van der Waals surface area contributed by atoms with E-state index in [-0.39, 0.29) is 5.91 Å². The van der Waals surface area contributed by atoms with Crippen LogP contribution in [0.15, 0.2) is 57.5 Å². The lowest BCUT2D eigenvalue weighted by Crippen LogP contribution is -2.23. The molecule has 92 valence electrons. The molecular formula is C14H11Br2NO. The Morgan fingerprint density at radius 2 is 1.56 bits per heavy atom. The van der Waals surface area contributed by atoms with Gasteiger partial charge in [-0.05, 0) is 49.6 Å². The SMILES string of the molecule is O=C(NCc1ccccc1)c1c(Br)cccc1Br. The van der Waals surface area contributed by atoms with E-state index in [0.717, 1.165) is 14.5 Å². The Labute approximate surface area is 123 Å². The van der Waals surface area contributed by atoms with Crippen LogP contribution in [0.5, 0.6) is 0 Å². The standard InChI is InChI=1S/C14H11Br2NO/c15-11-7-4-8-12(16)13(11)14(18)17-9-10-5-2-1-3-6-10/h1-8H,9H2,(H,17,18). The molecule has 4 heteroatoms. The van der Waals surface area contributed by atoms with Gasteiger partial charge in [-0.25, -0.2) is 0 Å². The first-order chi connectivity index (χ1) is 8.68. The quantitative estimate of drug-likeness (QED) is 0.866. The fraction of sp³-hybridized carbons (Fsp3) is 0.0714. The van der Waals surface area contributed by atoms with Crippen LogP contribution in [0.4, 0.5) is 0 Å². The summed E-state index contributed by atoms with van der Waals surface area (Å²) in [7, 11) is 0. The predicted octanol–water partition coefficient (Wildman–Crippen LogP) is 4.14. The Morgan fingerprint density at radius 3 is 2.17 bits per heavy atom. The normalized spacial score (nSPS) is 10.1. The van der Waals surface area contributed by atoms with Crippen LogP contribution in [-0.2, 0) is 6.54 Å². The highest BCUT2D eigenvalue weighted by Gasteiger charge is 2.13. The predicted molar refractivity (Wildman–Crippen MR) is 79.5 cm³/mol. The van der Waals surface area contributed by atoms with Crippen molar-refractivity contribution in [2.24, 2.45) is 0 Å². The van der Waals surface area contributed by atoms with Gasteiger partial charge in [-0.3, -0.25) is 4.79 Å². The summed E-state index contributed by atoms with van der Waals surface area (Å²) in [5.41, 5.74) is 1.70. The topological polar surface area (TPSA) is 29.1 Å². The Morgan fingerprint density at radius 1 is 0.944 bits per heavy atom. The maximum atomic E-state index is 12.1. The van der Waals surface area contributed by atoms with Gasteiger partial charge in [0.05, 0.1) is 5.56 Å². The van der Waals surface area contributed by atoms with Crippen LogP contribution in [0.3, 0.4) is 0 Å². The van der Waals surface area contributed by atoms with Crippen molar-refractivity contribution in [3.63, 3.8) is 0 Å². The summed E-state index contributed by atoms with van der Waals surface area (Å²) in [4.78, 5) is 12.1. The molecule has 0 saturated carbocycles. The highest BCUT2D eigenvalue weighted by atomic mass is 79.9. The minimum Gasteiger partial charge on any atom is -0.348 e. The fourth-order valence-corrected chi connectivity index (χ4v) is 2.94. The zero-order chi connectivity index (χ0) is 13.0. The van der Waals surface area contributed by atoms with Crippen LogP contribution >= 0.6 is 31.9 Å². The first kappa shape index (κ1) is 13.3. The van der Waals surface area contributed by atoms with E-state index in [1.807, 2.05) is 48.5 Å². The van der Waals surface area contributed by atoms with E-state index in [1.54, 1.807) is 0 Å². The minimum atomic E-state index is -0.0989. The monoisotopic (exact) mass is 367 g/mol. The number of carbonyl (C=O) groups excluding carboxylic acids is 1. The van der Waals surface area contributed by atoms with Crippen LogP contribution in [0.1, 0.15) is 15.9 Å². The van der Waals surface area contributed by atoms with Gasteiger partial charge < -0.3 is 5.32 Å². The third-order valence-corrected chi connectivity index (χ3v) is 3.81. The maximum Gasteiger partial charge on any atom is 0.253 e. The van der Waals surface area contributed by atoms with Crippen molar-refractivity contribution in [1.29, 1.82) is 0 Å². The zero-order valence-corrected chi connectivity index (χ0v) is 12.7. The second kappa shape index (κ2) is 6.16. The van der Waals surface area contributed by atoms with Gasteiger partial charge in [-0.15, -0.1) is 0 Å². The molecule has 0 saturated heterocycles. The zero-order valence-electron chi connectivity index (χ0n) is 9.49. The summed E-state index contributed by atoms with van der Waals surface area (Å²) in [6, 6.07) is 15.4. The number of halogens is 2. The van der Waals surface area contributed by atoms with Gasteiger partial charge in [0, 0.05) is 15.5 Å². The number of amides is 1. The number of benzene rings is 2. The molecule has 18 heavy (non-hydrogen) atoms. The molecule has 0 aliphatic heterocycles. The van der Waals surface area contributed by atoms with Crippen molar-refractivity contribution >= 4 is 37.8 Å². The molecule has 2 aromatic carbocycles. The van der Waals surface area contributed by atoms with Gasteiger partial charge in [0.25, 0.3) is 5.91 Å². The first-order valence-corrected chi connectivity index (χ1v) is 7.03. The van der Waals surface area contributed by atoms with Crippen molar-refractivity contribution in [2.45, 2.75) is 6.54 Å². The molecule has 0 heterocycles. The van der Waals surface area contributed by atoms with Crippen LogP contribution in [0.2, 0.25) is 0 Å². The summed E-state index contributed by atoms with van der Waals surface area (Å²) < 4.78 is 1.56. The number of hydrogen-bond acceptors (Lipinski definition) is 1. The molecule has 0 aromatic heterocycles. The summed E-state index contributed by atoms with van der Waals surface area (Å²) in [6.07, 6.45) is 0. The summed E-state index contributed by atoms with van der Waals surface area (Å²) in [5.74, 6) is -0.0989. The molecule has 0 bridgehead atoms. The molecule has 0 aliphatic rings. The molecule has 1 N–H and O–H groups in total. The molecule has 0 atom stereocenters. The van der Waals surface area contributed by atoms with Crippen LogP contribution < -0.4 is 5.32 Å². The largest absolute Gasteiger partial charge is 0.348 e. The molecule has 2 rings (SSSR count). The highest BCUT2D eigenvalue weighted by Crippen LogP contribution is 2.24. The van der Waals surface area contributed by atoms with Crippen LogP contribution in [0.25, 0.3) is 0 Å². The lowest BCUT2D eigenvalue weighted by molar-refractivity contribution is 0.0949. The van der Waals surface area contributed by atoms with Crippen molar-refractivity contribution < 1.29 is 4.79 Å². The molecule has 0 unspecified atom stereocenters. The Kier molecular flexibility index (Phi) is 4.55. The van der Waals surface area contributed by atoms with Crippen molar-refractivity contribution in [3.05, 3.63) is 68.6 Å². The van der Waals surface area contributed by atoms with Gasteiger partial charge in [0.15, 0.2) is 0 Å².